The van der Waals surface area contributed by atoms with Crippen LogP contribution in [-0.4, -0.2) is 86.5 Å². The van der Waals surface area contributed by atoms with Gasteiger partial charge in [0, 0.05) is 35.1 Å². The number of hydrogen-bond acceptors (Lipinski definition) is 10. The van der Waals surface area contributed by atoms with Crippen molar-refractivity contribution in [3.05, 3.63) is 39.5 Å². The maximum atomic E-state index is 14.1. The van der Waals surface area contributed by atoms with Gasteiger partial charge in [-0.25, -0.2) is 0 Å². The molecule has 11 heteroatoms. The Labute approximate surface area is 224 Å². The van der Waals surface area contributed by atoms with E-state index < -0.39 is 77.9 Å². The van der Waals surface area contributed by atoms with Crippen molar-refractivity contribution < 1.29 is 53.8 Å². The zero-order valence-electron chi connectivity index (χ0n) is 21.9. The molecule has 2 bridgehead atoms. The molecule has 4 N–H and O–H groups in total. The van der Waals surface area contributed by atoms with Crippen molar-refractivity contribution in [2.24, 2.45) is 0 Å². The zero-order valence-corrected chi connectivity index (χ0v) is 21.9. The molecule has 0 unspecified atom stereocenters. The van der Waals surface area contributed by atoms with Crippen molar-refractivity contribution >= 4 is 17.5 Å². The molecule has 2 aliphatic carbocycles. The molecule has 1 aromatic rings. The van der Waals surface area contributed by atoms with Gasteiger partial charge in [0.1, 0.15) is 11.4 Å². The van der Waals surface area contributed by atoms with Crippen LogP contribution in [0, 0.1) is 0 Å². The molecule has 7 rings (SSSR count). The van der Waals surface area contributed by atoms with Gasteiger partial charge < -0.3 is 39.4 Å². The number of aliphatic hydroxyl groups excluding tert-OH is 1. The van der Waals surface area contributed by atoms with Crippen molar-refractivity contribution in [2.75, 3.05) is 0 Å². The summed E-state index contributed by atoms with van der Waals surface area (Å²) in [7, 11) is 0. The van der Waals surface area contributed by atoms with Gasteiger partial charge in [-0.05, 0) is 45.2 Å². The Morgan fingerprint density at radius 1 is 1.13 bits per heavy atom. The van der Waals surface area contributed by atoms with E-state index in [9.17, 15) is 34.8 Å². The van der Waals surface area contributed by atoms with Crippen molar-refractivity contribution in [1.29, 1.82) is 0 Å². The number of phenols is 1. The van der Waals surface area contributed by atoms with Gasteiger partial charge in [0.25, 0.3) is 0 Å². The Balaban J connectivity index is 1.39. The molecule has 0 saturated carbocycles. The van der Waals surface area contributed by atoms with Crippen LogP contribution in [0.2, 0.25) is 0 Å². The molecule has 4 aliphatic heterocycles. The Morgan fingerprint density at radius 2 is 1.87 bits per heavy atom. The van der Waals surface area contributed by atoms with Crippen LogP contribution >= 0.6 is 0 Å². The van der Waals surface area contributed by atoms with Crippen molar-refractivity contribution in [3.63, 3.8) is 0 Å². The van der Waals surface area contributed by atoms with Gasteiger partial charge in [-0.15, -0.1) is 0 Å². The minimum atomic E-state index is -1.98. The average molecular weight is 545 g/mol. The molecule has 11 nitrogen and oxygen atoms in total. The highest BCUT2D eigenvalue weighted by molar-refractivity contribution is 6.29. The molecule has 1 aromatic carbocycles. The number of aliphatic hydroxyl groups is 2. The molecular weight excluding hydrogens is 512 g/mol. The van der Waals surface area contributed by atoms with Crippen LogP contribution in [0.3, 0.4) is 0 Å². The topological polar surface area (TPSA) is 169 Å². The number of hydrogen-bond donors (Lipinski definition) is 4. The number of rotatable bonds is 4. The Morgan fingerprint density at radius 3 is 2.56 bits per heavy atom. The van der Waals surface area contributed by atoms with Gasteiger partial charge in [-0.3, -0.25) is 14.4 Å². The van der Waals surface area contributed by atoms with E-state index in [4.69, 9.17) is 18.9 Å². The van der Waals surface area contributed by atoms with E-state index in [0.29, 0.717) is 24.0 Å². The quantitative estimate of drug-likeness (QED) is 0.435. The lowest BCUT2D eigenvalue weighted by molar-refractivity contribution is -0.291. The number of carbonyl (C=O) groups is 3. The van der Waals surface area contributed by atoms with Crippen LogP contribution in [0.4, 0.5) is 0 Å². The summed E-state index contributed by atoms with van der Waals surface area (Å²) in [5.41, 5.74) is -1.39. The molecule has 39 heavy (non-hydrogen) atoms. The van der Waals surface area contributed by atoms with Crippen LogP contribution in [0.25, 0.3) is 0 Å². The van der Waals surface area contributed by atoms with E-state index in [-0.39, 0.29) is 41.5 Å². The van der Waals surface area contributed by atoms with Gasteiger partial charge in [-0.2, -0.15) is 0 Å². The normalized spacial score (nSPS) is 39.3. The number of phenolic OH excluding ortho intramolecular Hbond substituents is 1. The molecule has 0 aromatic heterocycles. The smallest absolute Gasteiger partial charge is 0.305 e. The summed E-state index contributed by atoms with van der Waals surface area (Å²) in [6, 6.07) is 1.54. The number of carboxylic acids is 1. The SMILES string of the molecule is C[C@@H]1O[C@@H](CC(=O)O)Cc2cc3c(c(O)c21)C(=O)C1=C(C3=O)[C@H]2C[C@@H](O[C@H]3CC[C@H](O)[C@H](C)O3)[C@@]1(O)[C@@H](C)O2. The molecule has 9 atom stereocenters. The highest BCUT2D eigenvalue weighted by atomic mass is 16.7. The van der Waals surface area contributed by atoms with Gasteiger partial charge >= 0.3 is 5.97 Å². The molecule has 0 amide bonds. The predicted molar refractivity (Wildman–Crippen MR) is 131 cm³/mol. The Bertz CT molecular complexity index is 1300. The lowest BCUT2D eigenvalue weighted by Crippen LogP contribution is -2.67. The molecule has 0 radical (unpaired) electrons. The third kappa shape index (κ3) is 3.90. The molecule has 2 fully saturated rings. The number of Topliss-reactive ketones (excluding diaryl/α,β-unsaturated/α-hetero) is 2. The number of benzene rings is 1. The molecule has 4 heterocycles. The number of carboxylic acid groups (broad SMARTS) is 1. The van der Waals surface area contributed by atoms with Gasteiger partial charge in [0.05, 0.1) is 54.7 Å². The minimum Gasteiger partial charge on any atom is -0.507 e. The van der Waals surface area contributed by atoms with Gasteiger partial charge in [0.2, 0.25) is 0 Å². The molecule has 6 aliphatic rings. The molecule has 0 spiro atoms. The maximum Gasteiger partial charge on any atom is 0.305 e. The number of carbonyl (C=O) groups excluding carboxylic acids is 2. The van der Waals surface area contributed by atoms with E-state index in [1.807, 2.05) is 0 Å². The highest BCUT2D eigenvalue weighted by Crippen LogP contribution is 2.53. The Hall–Kier alpha value is -2.67. The van der Waals surface area contributed by atoms with E-state index in [1.54, 1.807) is 20.8 Å². The lowest BCUT2D eigenvalue weighted by Gasteiger charge is -2.54. The van der Waals surface area contributed by atoms with Gasteiger partial charge in [0.15, 0.2) is 17.9 Å². The number of ketones is 2. The fraction of sp³-hybridized carbons (Fsp3) is 0.607. The first kappa shape index (κ1) is 26.5. The van der Waals surface area contributed by atoms with Crippen LogP contribution in [0.15, 0.2) is 17.2 Å². The van der Waals surface area contributed by atoms with Crippen LogP contribution in [-0.2, 0) is 30.2 Å². The zero-order chi connectivity index (χ0) is 28.0. The van der Waals surface area contributed by atoms with E-state index in [0.717, 1.165) is 0 Å². The van der Waals surface area contributed by atoms with Gasteiger partial charge in [-0.1, -0.05) is 0 Å². The first-order valence-electron chi connectivity index (χ1n) is 13.4. The van der Waals surface area contributed by atoms with E-state index >= 15 is 0 Å². The average Bonchev–Trinajstić information content (AvgIpc) is 2.84. The summed E-state index contributed by atoms with van der Waals surface area (Å²) in [5.74, 6) is -2.63. The molecular formula is C28H32O11. The van der Waals surface area contributed by atoms with E-state index in [1.165, 1.54) is 6.07 Å². The summed E-state index contributed by atoms with van der Waals surface area (Å²) >= 11 is 0. The summed E-state index contributed by atoms with van der Waals surface area (Å²) < 4.78 is 23.7. The predicted octanol–water partition coefficient (Wildman–Crippen LogP) is 1.74. The number of aliphatic carboxylic acids is 1. The third-order valence-corrected chi connectivity index (χ3v) is 8.84. The second kappa shape index (κ2) is 9.18. The third-order valence-electron chi connectivity index (χ3n) is 8.84. The summed E-state index contributed by atoms with van der Waals surface area (Å²) in [6.07, 6.45) is -4.90. The van der Waals surface area contributed by atoms with Crippen LogP contribution < -0.4 is 0 Å². The molecule has 2 saturated heterocycles. The fourth-order valence-corrected chi connectivity index (χ4v) is 6.92. The van der Waals surface area contributed by atoms with Crippen LogP contribution in [0.5, 0.6) is 5.75 Å². The van der Waals surface area contributed by atoms with Crippen molar-refractivity contribution in [3.8, 4) is 5.75 Å². The summed E-state index contributed by atoms with van der Waals surface area (Å²) in [4.78, 5) is 39.2. The second-order valence-electron chi connectivity index (χ2n) is 11.2. The standard InChI is InChI=1S/C28H32O11/c1-10-16(29)4-5-20(37-10)39-18-9-17-23-24(28(18,35)12(3)38-17)27(34)22-15(25(23)32)7-13-6-14(8-19(30)31)36-11(2)21(13)26(22)33/h7,10-12,14,16-18,20,29,33,35H,4-6,8-9H2,1-3H3,(H,30,31)/t10-,11-,12+,14+,16-,17+,18+,20-,28-/m0/s1. The monoisotopic (exact) mass is 544 g/mol. The number of ether oxygens (including phenoxy) is 4. The largest absolute Gasteiger partial charge is 0.507 e. The fourth-order valence-electron chi connectivity index (χ4n) is 6.92. The minimum absolute atomic E-state index is 0.00136. The van der Waals surface area contributed by atoms with Crippen LogP contribution in [0.1, 0.15) is 84.4 Å². The Kier molecular flexibility index (Phi) is 6.25. The maximum absolute atomic E-state index is 14.1. The first-order valence-corrected chi connectivity index (χ1v) is 13.4. The lowest BCUT2D eigenvalue weighted by atomic mass is 9.63. The van der Waals surface area contributed by atoms with Crippen molar-refractivity contribution in [2.45, 2.75) is 107 Å². The van der Waals surface area contributed by atoms with E-state index in [2.05, 4.69) is 0 Å². The molecule has 210 valence electrons. The number of aromatic hydroxyl groups is 1. The second-order valence-corrected chi connectivity index (χ2v) is 11.2. The number of fused-ring (bicyclic) bond motifs is 4. The van der Waals surface area contributed by atoms with Crippen molar-refractivity contribution in [1.82, 2.24) is 0 Å². The summed E-state index contributed by atoms with van der Waals surface area (Å²) in [6.45, 7) is 4.99. The first-order chi connectivity index (χ1) is 18.4. The highest BCUT2D eigenvalue weighted by Gasteiger charge is 2.63. The summed E-state index contributed by atoms with van der Waals surface area (Å²) in [5, 5.41) is 42.6.